The van der Waals surface area contributed by atoms with Crippen molar-refractivity contribution in [2.75, 3.05) is 18.0 Å². The Labute approximate surface area is 152 Å². The fraction of sp³-hybridized carbons (Fsp3) is 0.556. The van der Waals surface area contributed by atoms with E-state index in [2.05, 4.69) is 17.0 Å². The number of carbonyl (C=O) groups excluding carboxylic acids is 3. The van der Waals surface area contributed by atoms with E-state index in [1.807, 2.05) is 6.92 Å². The van der Waals surface area contributed by atoms with Crippen molar-refractivity contribution in [3.05, 3.63) is 25.0 Å². The van der Waals surface area contributed by atoms with Crippen molar-refractivity contribution >= 4 is 23.4 Å². The van der Waals surface area contributed by atoms with Crippen LogP contribution in [0.3, 0.4) is 0 Å². The van der Waals surface area contributed by atoms with Gasteiger partial charge in [0.25, 0.3) is 0 Å². The standard InChI is InChI=1S/C18H25N5O3/c1-4-16(24)22-7-5-13(6-8-22)17(25)20-15-9-12(2)23(18(15)26)14-10-19-21(3)11-14/h4,10-13,15H,1,5-9H2,2-3H3,(H,20,25). The number of amides is 3. The molecule has 2 fully saturated rings. The molecule has 1 aromatic heterocycles. The topological polar surface area (TPSA) is 87.5 Å². The third-order valence-corrected chi connectivity index (χ3v) is 5.19. The van der Waals surface area contributed by atoms with Gasteiger partial charge in [-0.25, -0.2) is 0 Å². The molecule has 2 aliphatic heterocycles. The molecule has 8 nitrogen and oxygen atoms in total. The molecule has 2 unspecified atom stereocenters. The van der Waals surface area contributed by atoms with Crippen molar-refractivity contribution in [2.45, 2.75) is 38.3 Å². The lowest BCUT2D eigenvalue weighted by Crippen LogP contribution is -2.47. The van der Waals surface area contributed by atoms with E-state index in [1.54, 1.807) is 33.9 Å². The van der Waals surface area contributed by atoms with Crippen molar-refractivity contribution < 1.29 is 14.4 Å². The number of piperidine rings is 1. The maximum absolute atomic E-state index is 12.7. The van der Waals surface area contributed by atoms with Gasteiger partial charge in [0.05, 0.1) is 11.9 Å². The Morgan fingerprint density at radius 1 is 1.35 bits per heavy atom. The van der Waals surface area contributed by atoms with Gasteiger partial charge in [-0.1, -0.05) is 6.58 Å². The van der Waals surface area contributed by atoms with Crippen LogP contribution in [0.4, 0.5) is 5.69 Å². The molecule has 1 aromatic rings. The normalized spacial score (nSPS) is 24.0. The van der Waals surface area contributed by atoms with Crippen LogP contribution in [0.1, 0.15) is 26.2 Å². The minimum Gasteiger partial charge on any atom is -0.344 e. The number of rotatable bonds is 4. The van der Waals surface area contributed by atoms with Crippen LogP contribution in [0.15, 0.2) is 25.0 Å². The predicted molar refractivity (Wildman–Crippen MR) is 96.2 cm³/mol. The molecule has 0 radical (unpaired) electrons. The maximum atomic E-state index is 12.7. The molecule has 0 bridgehead atoms. The molecule has 26 heavy (non-hydrogen) atoms. The smallest absolute Gasteiger partial charge is 0.249 e. The van der Waals surface area contributed by atoms with Crippen molar-refractivity contribution in [2.24, 2.45) is 13.0 Å². The number of aryl methyl sites for hydroxylation is 1. The zero-order chi connectivity index (χ0) is 18.8. The average molecular weight is 359 g/mol. The Morgan fingerprint density at radius 3 is 2.62 bits per heavy atom. The lowest BCUT2D eigenvalue weighted by atomic mass is 9.95. The van der Waals surface area contributed by atoms with Crippen molar-refractivity contribution in [3.63, 3.8) is 0 Å². The molecular weight excluding hydrogens is 334 g/mol. The molecular formula is C18H25N5O3. The van der Waals surface area contributed by atoms with E-state index < -0.39 is 6.04 Å². The molecule has 2 saturated heterocycles. The summed E-state index contributed by atoms with van der Waals surface area (Å²) in [5.41, 5.74) is 0.748. The first kappa shape index (κ1) is 18.2. The van der Waals surface area contributed by atoms with E-state index in [4.69, 9.17) is 0 Å². The average Bonchev–Trinajstić information content (AvgIpc) is 3.17. The van der Waals surface area contributed by atoms with Crippen LogP contribution in [0, 0.1) is 5.92 Å². The van der Waals surface area contributed by atoms with Gasteiger partial charge in [-0.2, -0.15) is 5.10 Å². The molecule has 8 heteroatoms. The van der Waals surface area contributed by atoms with Gasteiger partial charge in [-0.3, -0.25) is 19.1 Å². The van der Waals surface area contributed by atoms with E-state index in [1.165, 1.54) is 6.08 Å². The fourth-order valence-electron chi connectivity index (χ4n) is 3.75. The highest BCUT2D eigenvalue weighted by atomic mass is 16.2. The molecule has 0 saturated carbocycles. The molecule has 0 aromatic carbocycles. The summed E-state index contributed by atoms with van der Waals surface area (Å²) in [6, 6.07) is -0.505. The van der Waals surface area contributed by atoms with Gasteiger partial charge >= 0.3 is 0 Å². The summed E-state index contributed by atoms with van der Waals surface area (Å²) in [7, 11) is 1.80. The summed E-state index contributed by atoms with van der Waals surface area (Å²) in [6.07, 6.45) is 6.54. The van der Waals surface area contributed by atoms with Crippen LogP contribution in [-0.4, -0.2) is 57.6 Å². The summed E-state index contributed by atoms with van der Waals surface area (Å²) in [4.78, 5) is 40.3. The summed E-state index contributed by atoms with van der Waals surface area (Å²) in [5, 5.41) is 7.03. The van der Waals surface area contributed by atoms with E-state index in [0.717, 1.165) is 5.69 Å². The second kappa shape index (κ2) is 7.31. The van der Waals surface area contributed by atoms with Crippen LogP contribution in [0.5, 0.6) is 0 Å². The van der Waals surface area contributed by atoms with Crippen LogP contribution < -0.4 is 10.2 Å². The van der Waals surface area contributed by atoms with E-state index in [9.17, 15) is 14.4 Å². The van der Waals surface area contributed by atoms with E-state index >= 15 is 0 Å². The molecule has 0 aliphatic carbocycles. The van der Waals surface area contributed by atoms with Crippen molar-refractivity contribution in [1.29, 1.82) is 0 Å². The molecule has 0 spiro atoms. The number of nitrogens with one attached hydrogen (secondary N) is 1. The zero-order valence-corrected chi connectivity index (χ0v) is 15.2. The number of anilines is 1. The minimum absolute atomic E-state index is 0.00376. The van der Waals surface area contributed by atoms with Gasteiger partial charge < -0.3 is 15.1 Å². The Balaban J connectivity index is 1.58. The first-order valence-corrected chi connectivity index (χ1v) is 8.94. The number of likely N-dealkylation sites (tertiary alicyclic amines) is 1. The Kier molecular flexibility index (Phi) is 5.11. The Hall–Kier alpha value is -2.64. The number of aromatic nitrogens is 2. The van der Waals surface area contributed by atoms with E-state index in [-0.39, 0.29) is 29.7 Å². The SMILES string of the molecule is C=CC(=O)N1CCC(C(=O)NC2CC(C)N(c3cnn(C)c3)C2=O)CC1. The van der Waals surface area contributed by atoms with E-state index in [0.29, 0.717) is 32.4 Å². The first-order chi connectivity index (χ1) is 12.4. The molecule has 140 valence electrons. The highest BCUT2D eigenvalue weighted by Gasteiger charge is 2.40. The number of hydrogen-bond donors (Lipinski definition) is 1. The lowest BCUT2D eigenvalue weighted by Gasteiger charge is -2.31. The summed E-state index contributed by atoms with van der Waals surface area (Å²) in [6.45, 7) is 6.54. The minimum atomic E-state index is -0.509. The highest BCUT2D eigenvalue weighted by Crippen LogP contribution is 2.27. The second-order valence-electron chi connectivity index (χ2n) is 7.03. The zero-order valence-electron chi connectivity index (χ0n) is 15.2. The molecule has 3 amide bonds. The third kappa shape index (κ3) is 3.49. The maximum Gasteiger partial charge on any atom is 0.249 e. The Morgan fingerprint density at radius 2 is 2.04 bits per heavy atom. The van der Waals surface area contributed by atoms with Crippen LogP contribution in [-0.2, 0) is 21.4 Å². The largest absolute Gasteiger partial charge is 0.344 e. The molecule has 2 atom stereocenters. The fourth-order valence-corrected chi connectivity index (χ4v) is 3.75. The lowest BCUT2D eigenvalue weighted by molar-refractivity contribution is -0.133. The predicted octanol–water partition coefficient (Wildman–Crippen LogP) is 0.455. The van der Waals surface area contributed by atoms with Gasteiger partial charge in [0, 0.05) is 38.3 Å². The van der Waals surface area contributed by atoms with Gasteiger partial charge in [-0.15, -0.1) is 0 Å². The van der Waals surface area contributed by atoms with Crippen LogP contribution in [0.25, 0.3) is 0 Å². The number of nitrogens with zero attached hydrogens (tertiary/aromatic N) is 4. The quantitative estimate of drug-likeness (QED) is 0.791. The van der Waals surface area contributed by atoms with Gasteiger partial charge in [-0.05, 0) is 32.3 Å². The molecule has 2 aliphatic rings. The Bertz CT molecular complexity index is 720. The first-order valence-electron chi connectivity index (χ1n) is 8.94. The van der Waals surface area contributed by atoms with Crippen LogP contribution in [0.2, 0.25) is 0 Å². The van der Waals surface area contributed by atoms with Gasteiger partial charge in [0.2, 0.25) is 17.7 Å². The van der Waals surface area contributed by atoms with Crippen molar-refractivity contribution in [3.8, 4) is 0 Å². The summed E-state index contributed by atoms with van der Waals surface area (Å²) in [5.74, 6) is -0.470. The number of carbonyl (C=O) groups is 3. The molecule has 3 heterocycles. The highest BCUT2D eigenvalue weighted by molar-refractivity contribution is 6.02. The number of hydrogen-bond acceptors (Lipinski definition) is 4. The monoisotopic (exact) mass is 359 g/mol. The van der Waals surface area contributed by atoms with Crippen molar-refractivity contribution in [1.82, 2.24) is 20.0 Å². The molecule has 3 rings (SSSR count). The van der Waals surface area contributed by atoms with Gasteiger partial charge in [0.15, 0.2) is 0 Å². The third-order valence-electron chi connectivity index (χ3n) is 5.19. The summed E-state index contributed by atoms with van der Waals surface area (Å²) < 4.78 is 1.65. The molecule has 1 N–H and O–H groups in total. The van der Waals surface area contributed by atoms with Crippen LogP contribution >= 0.6 is 0 Å². The summed E-state index contributed by atoms with van der Waals surface area (Å²) >= 11 is 0. The van der Waals surface area contributed by atoms with Gasteiger partial charge in [0.1, 0.15) is 6.04 Å². The second-order valence-corrected chi connectivity index (χ2v) is 7.03.